The lowest BCUT2D eigenvalue weighted by Crippen LogP contribution is -2.62. The van der Waals surface area contributed by atoms with Crippen LogP contribution >= 0.6 is 0 Å². The van der Waals surface area contributed by atoms with Crippen LogP contribution in [0.25, 0.3) is 0 Å². The molecule has 0 saturated carbocycles. The van der Waals surface area contributed by atoms with Gasteiger partial charge in [0, 0.05) is 13.1 Å². The molecule has 0 aliphatic carbocycles. The highest BCUT2D eigenvalue weighted by Crippen LogP contribution is 2.15. The lowest BCUT2D eigenvalue weighted by Gasteiger charge is -2.40. The summed E-state index contributed by atoms with van der Waals surface area (Å²) in [6, 6.07) is 0.374. The van der Waals surface area contributed by atoms with E-state index in [4.69, 9.17) is 11.5 Å². The van der Waals surface area contributed by atoms with Crippen LogP contribution in [0.5, 0.6) is 0 Å². The van der Waals surface area contributed by atoms with Crippen LogP contribution in [-0.2, 0) is 0 Å². The van der Waals surface area contributed by atoms with Gasteiger partial charge in [-0.2, -0.15) is 0 Å². The van der Waals surface area contributed by atoms with Crippen molar-refractivity contribution in [3.8, 4) is 0 Å². The monoisotopic (exact) mass is 225 g/mol. The fraction of sp³-hybridized carbons (Fsp3) is 0.778. The van der Waals surface area contributed by atoms with Crippen molar-refractivity contribution in [2.24, 2.45) is 21.5 Å². The van der Waals surface area contributed by atoms with E-state index in [0.717, 1.165) is 25.9 Å². The molecule has 1 saturated heterocycles. The maximum absolute atomic E-state index is 5.98. The van der Waals surface area contributed by atoms with E-state index in [1.807, 2.05) is 4.90 Å². The predicted molar refractivity (Wildman–Crippen MR) is 63.8 cm³/mol. The van der Waals surface area contributed by atoms with Crippen LogP contribution in [0.4, 0.5) is 0 Å². The topological polar surface area (TPSA) is 104 Å². The Hall–Kier alpha value is -1.34. The van der Waals surface area contributed by atoms with Gasteiger partial charge in [0.05, 0.1) is 0 Å². The highest BCUT2D eigenvalue weighted by Gasteiger charge is 2.31. The largest absolute Gasteiger partial charge is 0.370 e. The van der Waals surface area contributed by atoms with E-state index in [1.165, 1.54) is 0 Å². The minimum absolute atomic E-state index is 0.332. The molecule has 0 aromatic heterocycles. The van der Waals surface area contributed by atoms with E-state index in [1.54, 1.807) is 7.05 Å². The van der Waals surface area contributed by atoms with E-state index in [2.05, 4.69) is 20.6 Å². The number of piperidine rings is 1. The number of hydrogen-bond donors (Lipinski definition) is 4. The Balaban J connectivity index is 2.16. The Morgan fingerprint density at radius 3 is 2.75 bits per heavy atom. The molecule has 2 rings (SSSR count). The Kier molecular flexibility index (Phi) is 3.25. The van der Waals surface area contributed by atoms with Gasteiger partial charge in [0.1, 0.15) is 0 Å². The molecule has 0 radical (unpaired) electrons. The number of guanidine groups is 2. The molecular formula is C9H19N7. The van der Waals surface area contributed by atoms with Crippen LogP contribution < -0.4 is 22.1 Å². The van der Waals surface area contributed by atoms with Crippen LogP contribution in [-0.4, -0.2) is 49.3 Å². The fourth-order valence-electron chi connectivity index (χ4n) is 2.19. The molecule has 0 unspecified atom stereocenters. The molecule has 0 amide bonds. The van der Waals surface area contributed by atoms with Gasteiger partial charge < -0.3 is 16.0 Å². The maximum atomic E-state index is 5.98. The van der Waals surface area contributed by atoms with Gasteiger partial charge in [0.15, 0.2) is 12.2 Å². The molecule has 90 valence electrons. The molecule has 1 atom stereocenters. The molecule has 2 aliphatic heterocycles. The summed E-state index contributed by atoms with van der Waals surface area (Å²) >= 11 is 0. The molecule has 2 aliphatic rings. The van der Waals surface area contributed by atoms with E-state index in [-0.39, 0.29) is 0 Å². The summed E-state index contributed by atoms with van der Waals surface area (Å²) < 4.78 is 0. The van der Waals surface area contributed by atoms with Crippen molar-refractivity contribution in [2.45, 2.75) is 25.2 Å². The second-order valence-electron chi connectivity index (χ2n) is 3.99. The van der Waals surface area contributed by atoms with Crippen LogP contribution in [0, 0.1) is 0 Å². The molecule has 7 nitrogen and oxygen atoms in total. The lowest BCUT2D eigenvalue weighted by atomic mass is 10.1. The Bertz CT molecular complexity index is 305. The zero-order valence-electron chi connectivity index (χ0n) is 9.48. The van der Waals surface area contributed by atoms with Crippen molar-refractivity contribution < 1.29 is 0 Å². The summed E-state index contributed by atoms with van der Waals surface area (Å²) in [7, 11) is 1.72. The molecule has 0 bridgehead atoms. The minimum atomic E-state index is -0.428. The first-order valence-electron chi connectivity index (χ1n) is 5.54. The quantitative estimate of drug-likeness (QED) is 0.421. The second kappa shape index (κ2) is 4.67. The average Bonchev–Trinajstić information content (AvgIpc) is 2.29. The van der Waals surface area contributed by atoms with Gasteiger partial charge in [0.25, 0.3) is 0 Å². The minimum Gasteiger partial charge on any atom is -0.370 e. The fourth-order valence-corrected chi connectivity index (χ4v) is 2.19. The van der Waals surface area contributed by atoms with Crippen molar-refractivity contribution in [1.29, 1.82) is 0 Å². The molecule has 2 heterocycles. The van der Waals surface area contributed by atoms with E-state index >= 15 is 0 Å². The smallest absolute Gasteiger partial charge is 0.203 e. The maximum Gasteiger partial charge on any atom is 0.203 e. The number of hydrogen-bond acceptors (Lipinski definition) is 5. The number of rotatable bonds is 1. The van der Waals surface area contributed by atoms with Crippen LogP contribution in [0.15, 0.2) is 9.98 Å². The van der Waals surface area contributed by atoms with E-state index < -0.39 is 6.29 Å². The highest BCUT2D eigenvalue weighted by molar-refractivity contribution is 5.99. The Morgan fingerprint density at radius 1 is 1.44 bits per heavy atom. The van der Waals surface area contributed by atoms with Crippen molar-refractivity contribution in [3.63, 3.8) is 0 Å². The summed E-state index contributed by atoms with van der Waals surface area (Å²) in [6.45, 7) is 2.01. The van der Waals surface area contributed by atoms with E-state index in [9.17, 15) is 0 Å². The second-order valence-corrected chi connectivity index (χ2v) is 3.99. The number of nitrogens with zero attached hydrogens (tertiary/aromatic N) is 3. The molecule has 1 fully saturated rings. The summed E-state index contributed by atoms with van der Waals surface area (Å²) in [4.78, 5) is 10.3. The van der Waals surface area contributed by atoms with Crippen molar-refractivity contribution in [2.75, 3.05) is 20.1 Å². The van der Waals surface area contributed by atoms with Crippen LogP contribution in [0.1, 0.15) is 12.8 Å². The molecule has 0 aromatic carbocycles. The molecule has 16 heavy (non-hydrogen) atoms. The molecule has 0 spiro atoms. The Labute approximate surface area is 95.0 Å². The van der Waals surface area contributed by atoms with Gasteiger partial charge in [-0.05, 0) is 25.9 Å². The van der Waals surface area contributed by atoms with Crippen molar-refractivity contribution in [1.82, 2.24) is 15.5 Å². The third kappa shape index (κ3) is 2.10. The third-order valence-electron chi connectivity index (χ3n) is 2.95. The zero-order valence-corrected chi connectivity index (χ0v) is 9.48. The first-order valence-corrected chi connectivity index (χ1v) is 5.54. The van der Waals surface area contributed by atoms with Gasteiger partial charge in [-0.25, -0.2) is 4.99 Å². The highest BCUT2D eigenvalue weighted by atomic mass is 15.5. The average molecular weight is 225 g/mol. The van der Waals surface area contributed by atoms with Crippen molar-refractivity contribution >= 4 is 11.9 Å². The number of nitrogens with two attached hydrogens (primary N) is 2. The number of nitrogens with one attached hydrogen (secondary N) is 2. The molecule has 7 heteroatoms. The first-order chi connectivity index (χ1) is 7.72. The predicted octanol–water partition coefficient (Wildman–Crippen LogP) is -1.81. The van der Waals surface area contributed by atoms with Gasteiger partial charge in [-0.15, -0.1) is 0 Å². The molecule has 0 aromatic rings. The Morgan fingerprint density at radius 2 is 2.12 bits per heavy atom. The molecule has 6 N–H and O–H groups in total. The van der Waals surface area contributed by atoms with E-state index in [0.29, 0.717) is 18.0 Å². The first kappa shape index (κ1) is 11.2. The number of aliphatic imine (C=N–C) groups is 2. The molecular weight excluding hydrogens is 206 g/mol. The standard InChI is InChI=1S/C9H19N7/c1-12-9-15-7(10)14-8(11)16(9)6-2-4-13-5-3-6/h6,8,13H,2-5,11H2,1H3,(H3,10,12,14,15)/t8-/m1/s1. The van der Waals surface area contributed by atoms with Gasteiger partial charge >= 0.3 is 0 Å². The summed E-state index contributed by atoms with van der Waals surface area (Å²) in [5.41, 5.74) is 11.6. The van der Waals surface area contributed by atoms with Crippen molar-refractivity contribution in [3.05, 3.63) is 0 Å². The summed E-state index contributed by atoms with van der Waals surface area (Å²) in [6.07, 6.45) is 1.66. The van der Waals surface area contributed by atoms with Crippen LogP contribution in [0.3, 0.4) is 0 Å². The van der Waals surface area contributed by atoms with Gasteiger partial charge in [-0.3, -0.25) is 16.0 Å². The normalized spacial score (nSPS) is 30.1. The third-order valence-corrected chi connectivity index (χ3v) is 2.95. The van der Waals surface area contributed by atoms with Crippen LogP contribution in [0.2, 0.25) is 0 Å². The summed E-state index contributed by atoms with van der Waals surface area (Å²) in [5.74, 6) is 1.05. The lowest BCUT2D eigenvalue weighted by molar-refractivity contribution is 0.194. The summed E-state index contributed by atoms with van der Waals surface area (Å²) in [5, 5.41) is 6.27. The SMILES string of the molecule is CN=C1NC(N)=N[C@@H](N)N1C1CCNCC1. The van der Waals surface area contributed by atoms with Gasteiger partial charge in [0.2, 0.25) is 5.96 Å². The van der Waals surface area contributed by atoms with Gasteiger partial charge in [-0.1, -0.05) is 0 Å². The zero-order chi connectivity index (χ0) is 11.5.